The molecule has 0 aliphatic rings. The Hall–Kier alpha value is -1.44. The van der Waals surface area contributed by atoms with Crippen LogP contribution in [0, 0.1) is 13.8 Å². The van der Waals surface area contributed by atoms with Gasteiger partial charge < -0.3 is 10.1 Å². The van der Waals surface area contributed by atoms with Crippen LogP contribution in [0.2, 0.25) is 0 Å². The molecule has 0 aliphatic heterocycles. The van der Waals surface area contributed by atoms with Crippen LogP contribution in [0.25, 0.3) is 0 Å². The monoisotopic (exact) mass is 342 g/mol. The molecular formula is C16H26N2O4S. The summed E-state index contributed by atoms with van der Waals surface area (Å²) in [7, 11) is -3.56. The number of carbonyl (C=O) groups excluding carboxylic acids is 1. The molecule has 0 saturated heterocycles. The standard InChI is InChI=1S/C16H26N2O4S/c1-6-18(7-2)23(20,21)14-9-12(4)13(5)15(10-14)17-16(19)11-22-8-3/h9-10H,6-8,11H2,1-5H3,(H,17,19). The first-order valence-corrected chi connectivity index (χ1v) is 9.20. The second kappa shape index (κ2) is 8.42. The van der Waals surface area contributed by atoms with Crippen molar-refractivity contribution < 1.29 is 17.9 Å². The average Bonchev–Trinajstić information content (AvgIpc) is 2.50. The van der Waals surface area contributed by atoms with E-state index in [9.17, 15) is 13.2 Å². The van der Waals surface area contributed by atoms with Crippen LogP contribution >= 0.6 is 0 Å². The fourth-order valence-electron chi connectivity index (χ4n) is 2.20. The molecule has 0 aromatic heterocycles. The van der Waals surface area contributed by atoms with Crippen LogP contribution in [0.15, 0.2) is 17.0 Å². The van der Waals surface area contributed by atoms with Gasteiger partial charge in [-0.2, -0.15) is 4.31 Å². The molecule has 0 spiro atoms. The summed E-state index contributed by atoms with van der Waals surface area (Å²) in [5.41, 5.74) is 2.15. The zero-order valence-corrected chi connectivity index (χ0v) is 15.3. The fraction of sp³-hybridized carbons (Fsp3) is 0.562. The lowest BCUT2D eigenvalue weighted by Crippen LogP contribution is -2.31. The van der Waals surface area contributed by atoms with Gasteiger partial charge in [-0.25, -0.2) is 8.42 Å². The van der Waals surface area contributed by atoms with Gasteiger partial charge >= 0.3 is 0 Å². The van der Waals surface area contributed by atoms with E-state index in [4.69, 9.17) is 4.74 Å². The summed E-state index contributed by atoms with van der Waals surface area (Å²) in [6.45, 7) is 10.3. The number of anilines is 1. The molecule has 0 radical (unpaired) electrons. The summed E-state index contributed by atoms with van der Waals surface area (Å²) in [6.07, 6.45) is 0. The van der Waals surface area contributed by atoms with Crippen molar-refractivity contribution in [1.82, 2.24) is 4.31 Å². The molecule has 6 nitrogen and oxygen atoms in total. The van der Waals surface area contributed by atoms with Crippen LogP contribution in [-0.4, -0.2) is 44.9 Å². The normalized spacial score (nSPS) is 11.7. The van der Waals surface area contributed by atoms with Gasteiger partial charge in [-0.1, -0.05) is 13.8 Å². The highest BCUT2D eigenvalue weighted by atomic mass is 32.2. The van der Waals surface area contributed by atoms with E-state index < -0.39 is 10.0 Å². The molecule has 0 heterocycles. The zero-order valence-electron chi connectivity index (χ0n) is 14.5. The Bertz CT molecular complexity index is 652. The molecule has 1 amide bonds. The van der Waals surface area contributed by atoms with E-state index in [1.807, 2.05) is 13.8 Å². The topological polar surface area (TPSA) is 75.7 Å². The predicted molar refractivity (Wildman–Crippen MR) is 91.1 cm³/mol. The number of nitrogens with zero attached hydrogens (tertiary/aromatic N) is 1. The number of ether oxygens (including phenoxy) is 1. The smallest absolute Gasteiger partial charge is 0.250 e. The zero-order chi connectivity index (χ0) is 17.6. The quantitative estimate of drug-likeness (QED) is 0.786. The van der Waals surface area contributed by atoms with E-state index in [1.54, 1.807) is 26.8 Å². The molecule has 0 bridgehead atoms. The number of carbonyl (C=O) groups is 1. The summed E-state index contributed by atoms with van der Waals surface area (Å²) in [5.74, 6) is -0.299. The van der Waals surface area contributed by atoms with Gasteiger partial charge in [-0.05, 0) is 44.0 Å². The third kappa shape index (κ3) is 4.76. The van der Waals surface area contributed by atoms with Gasteiger partial charge in [0.05, 0.1) is 4.90 Å². The van der Waals surface area contributed by atoms with E-state index >= 15 is 0 Å². The molecule has 130 valence electrons. The molecule has 0 unspecified atom stereocenters. The molecule has 0 aliphatic carbocycles. The molecule has 0 fully saturated rings. The fourth-order valence-corrected chi connectivity index (χ4v) is 3.77. The minimum Gasteiger partial charge on any atom is -0.372 e. The number of aryl methyl sites for hydroxylation is 1. The van der Waals surface area contributed by atoms with Crippen molar-refractivity contribution in [3.8, 4) is 0 Å². The molecule has 0 atom stereocenters. The van der Waals surface area contributed by atoms with Crippen molar-refractivity contribution in [2.45, 2.75) is 39.5 Å². The lowest BCUT2D eigenvalue weighted by molar-refractivity contribution is -0.120. The lowest BCUT2D eigenvalue weighted by atomic mass is 10.1. The predicted octanol–water partition coefficient (Wildman–Crippen LogP) is 2.31. The lowest BCUT2D eigenvalue weighted by Gasteiger charge is -2.20. The maximum Gasteiger partial charge on any atom is 0.250 e. The van der Waals surface area contributed by atoms with E-state index in [0.29, 0.717) is 25.4 Å². The summed E-state index contributed by atoms with van der Waals surface area (Å²) in [6, 6.07) is 3.15. The Labute approximate surface area is 138 Å². The molecule has 1 aromatic rings. The minimum atomic E-state index is -3.56. The summed E-state index contributed by atoms with van der Waals surface area (Å²) in [4.78, 5) is 12.0. The molecule has 7 heteroatoms. The first-order chi connectivity index (χ1) is 10.8. The highest BCUT2D eigenvalue weighted by molar-refractivity contribution is 7.89. The number of hydrogen-bond acceptors (Lipinski definition) is 4. The molecule has 0 saturated carbocycles. The van der Waals surface area contributed by atoms with Crippen molar-refractivity contribution in [2.24, 2.45) is 0 Å². The number of hydrogen-bond donors (Lipinski definition) is 1. The maximum absolute atomic E-state index is 12.7. The first-order valence-electron chi connectivity index (χ1n) is 7.76. The molecule has 1 rings (SSSR count). The molecule has 23 heavy (non-hydrogen) atoms. The van der Waals surface area contributed by atoms with Crippen LogP contribution in [0.3, 0.4) is 0 Å². The van der Waals surface area contributed by atoms with E-state index in [2.05, 4.69) is 5.32 Å². The van der Waals surface area contributed by atoms with Crippen molar-refractivity contribution in [3.05, 3.63) is 23.3 Å². The van der Waals surface area contributed by atoms with Gasteiger partial charge in [0.25, 0.3) is 0 Å². The van der Waals surface area contributed by atoms with Crippen LogP contribution in [0.5, 0.6) is 0 Å². The van der Waals surface area contributed by atoms with Crippen molar-refractivity contribution >= 4 is 21.6 Å². The van der Waals surface area contributed by atoms with Gasteiger partial charge in [0.2, 0.25) is 15.9 Å². The van der Waals surface area contributed by atoms with Gasteiger partial charge in [0, 0.05) is 25.4 Å². The second-order valence-corrected chi connectivity index (χ2v) is 7.13. The van der Waals surface area contributed by atoms with E-state index in [0.717, 1.165) is 11.1 Å². The van der Waals surface area contributed by atoms with Crippen molar-refractivity contribution in [2.75, 3.05) is 31.6 Å². The van der Waals surface area contributed by atoms with Crippen LogP contribution in [0.1, 0.15) is 31.9 Å². The summed E-state index contributed by atoms with van der Waals surface area (Å²) >= 11 is 0. The average molecular weight is 342 g/mol. The second-order valence-electron chi connectivity index (χ2n) is 5.19. The van der Waals surface area contributed by atoms with Gasteiger partial charge in [-0.3, -0.25) is 4.79 Å². The Morgan fingerprint density at radius 2 is 1.78 bits per heavy atom. The number of amides is 1. The van der Waals surface area contributed by atoms with Gasteiger partial charge in [-0.15, -0.1) is 0 Å². The highest BCUT2D eigenvalue weighted by Crippen LogP contribution is 2.26. The third-order valence-corrected chi connectivity index (χ3v) is 5.72. The Balaban J connectivity index is 3.21. The van der Waals surface area contributed by atoms with Crippen molar-refractivity contribution in [3.63, 3.8) is 0 Å². The number of rotatable bonds is 8. The minimum absolute atomic E-state index is 0.0536. The van der Waals surface area contributed by atoms with Crippen LogP contribution < -0.4 is 5.32 Å². The van der Waals surface area contributed by atoms with Gasteiger partial charge in [0.15, 0.2) is 0 Å². The Kier molecular flexibility index (Phi) is 7.18. The summed E-state index contributed by atoms with van der Waals surface area (Å²) < 4.78 is 31.8. The van der Waals surface area contributed by atoms with E-state index in [-0.39, 0.29) is 17.4 Å². The van der Waals surface area contributed by atoms with Crippen LogP contribution in [-0.2, 0) is 19.6 Å². The SMILES string of the molecule is CCOCC(=O)Nc1cc(S(=O)(=O)N(CC)CC)cc(C)c1C. The largest absolute Gasteiger partial charge is 0.372 e. The Morgan fingerprint density at radius 3 is 2.30 bits per heavy atom. The Morgan fingerprint density at radius 1 is 1.17 bits per heavy atom. The maximum atomic E-state index is 12.7. The van der Waals surface area contributed by atoms with Crippen LogP contribution in [0.4, 0.5) is 5.69 Å². The van der Waals surface area contributed by atoms with E-state index in [1.165, 1.54) is 10.4 Å². The first kappa shape index (κ1) is 19.6. The molecule has 1 aromatic carbocycles. The highest BCUT2D eigenvalue weighted by Gasteiger charge is 2.23. The molecule has 1 N–H and O–H groups in total. The third-order valence-electron chi connectivity index (χ3n) is 3.70. The summed E-state index contributed by atoms with van der Waals surface area (Å²) in [5, 5.41) is 2.73. The molecular weight excluding hydrogens is 316 g/mol. The van der Waals surface area contributed by atoms with Gasteiger partial charge in [0.1, 0.15) is 6.61 Å². The number of nitrogens with one attached hydrogen (secondary N) is 1. The number of sulfonamides is 1. The van der Waals surface area contributed by atoms with Crippen molar-refractivity contribution in [1.29, 1.82) is 0 Å². The number of benzene rings is 1.